The minimum absolute atomic E-state index is 0.0898. The average molecular weight is 1080 g/mol. The molecule has 0 N–H and O–H groups in total. The van der Waals surface area contributed by atoms with Crippen molar-refractivity contribution in [1.82, 2.24) is 0 Å². The summed E-state index contributed by atoms with van der Waals surface area (Å²) < 4.78 is 16.9. The lowest BCUT2D eigenvalue weighted by Crippen LogP contribution is -2.30. The first-order valence-electron chi connectivity index (χ1n) is 34.1. The molecule has 0 bridgehead atoms. The summed E-state index contributed by atoms with van der Waals surface area (Å²) in [4.78, 5) is 38.3. The Morgan fingerprint density at radius 3 is 0.792 bits per heavy atom. The van der Waals surface area contributed by atoms with Gasteiger partial charge >= 0.3 is 17.9 Å². The van der Waals surface area contributed by atoms with Gasteiger partial charge in [0.1, 0.15) is 13.2 Å². The monoisotopic (exact) mass is 1080 g/mol. The van der Waals surface area contributed by atoms with E-state index in [9.17, 15) is 14.4 Å². The van der Waals surface area contributed by atoms with Crippen molar-refractivity contribution in [3.8, 4) is 0 Å². The quantitative estimate of drug-likeness (QED) is 0.0261. The van der Waals surface area contributed by atoms with Gasteiger partial charge in [-0.25, -0.2) is 0 Å². The van der Waals surface area contributed by atoms with E-state index in [0.29, 0.717) is 19.3 Å². The number of allylic oxidation sites excluding steroid dienone is 8. The Balaban J connectivity index is 4.27. The number of rotatable bonds is 63. The summed E-state index contributed by atoms with van der Waals surface area (Å²) in [5.41, 5.74) is 0. The summed E-state index contributed by atoms with van der Waals surface area (Å²) >= 11 is 0. The molecule has 0 aromatic rings. The molecule has 0 spiro atoms. The summed E-state index contributed by atoms with van der Waals surface area (Å²) in [6, 6.07) is 0. The molecular formula is C71H130O6. The number of hydrogen-bond donors (Lipinski definition) is 0. The molecule has 77 heavy (non-hydrogen) atoms. The Kier molecular flexibility index (Phi) is 63.6. The first-order valence-corrected chi connectivity index (χ1v) is 34.1. The molecule has 1 atom stereocenters. The fourth-order valence-electron chi connectivity index (χ4n) is 10.3. The van der Waals surface area contributed by atoms with Gasteiger partial charge in [-0.05, 0) is 44.9 Å². The third kappa shape index (κ3) is 64.1. The number of unbranched alkanes of at least 4 members (excludes halogenated alkanes) is 44. The van der Waals surface area contributed by atoms with Crippen molar-refractivity contribution in [2.75, 3.05) is 13.2 Å². The molecule has 0 aliphatic carbocycles. The van der Waals surface area contributed by atoms with Crippen LogP contribution in [0.2, 0.25) is 0 Å². The van der Waals surface area contributed by atoms with Gasteiger partial charge in [0.15, 0.2) is 6.10 Å². The van der Waals surface area contributed by atoms with Crippen LogP contribution in [0.4, 0.5) is 0 Å². The van der Waals surface area contributed by atoms with Crippen LogP contribution < -0.4 is 0 Å². The topological polar surface area (TPSA) is 78.9 Å². The summed E-state index contributed by atoms with van der Waals surface area (Å²) in [5, 5.41) is 0. The fraction of sp³-hybridized carbons (Fsp3) is 0.845. The van der Waals surface area contributed by atoms with Gasteiger partial charge in [-0.3, -0.25) is 14.4 Å². The van der Waals surface area contributed by atoms with Crippen LogP contribution in [-0.4, -0.2) is 37.2 Å². The second-order valence-electron chi connectivity index (χ2n) is 23.1. The molecule has 0 rings (SSSR count). The van der Waals surface area contributed by atoms with E-state index in [1.807, 2.05) is 6.08 Å². The molecule has 0 aliphatic rings. The summed E-state index contributed by atoms with van der Waals surface area (Å²) in [6.07, 6.45) is 83.0. The second-order valence-corrected chi connectivity index (χ2v) is 23.1. The lowest BCUT2D eigenvalue weighted by atomic mass is 10.0. The van der Waals surface area contributed by atoms with Crippen LogP contribution in [0.15, 0.2) is 48.6 Å². The number of hydrogen-bond acceptors (Lipinski definition) is 6. The Morgan fingerprint density at radius 1 is 0.273 bits per heavy atom. The molecular weight excluding hydrogens is 949 g/mol. The zero-order valence-corrected chi connectivity index (χ0v) is 51.7. The number of carbonyl (C=O) groups excluding carboxylic acids is 3. The first-order chi connectivity index (χ1) is 38.0. The smallest absolute Gasteiger partial charge is 0.306 e. The lowest BCUT2D eigenvalue weighted by molar-refractivity contribution is -0.166. The third-order valence-corrected chi connectivity index (χ3v) is 15.4. The molecule has 6 heteroatoms. The van der Waals surface area contributed by atoms with Crippen molar-refractivity contribution in [1.29, 1.82) is 0 Å². The van der Waals surface area contributed by atoms with Gasteiger partial charge in [-0.2, -0.15) is 0 Å². The van der Waals surface area contributed by atoms with Gasteiger partial charge in [0.2, 0.25) is 0 Å². The maximum atomic E-state index is 12.9. The lowest BCUT2D eigenvalue weighted by Gasteiger charge is -2.18. The van der Waals surface area contributed by atoms with Gasteiger partial charge in [0.25, 0.3) is 0 Å². The minimum atomic E-state index is -0.799. The van der Waals surface area contributed by atoms with Gasteiger partial charge in [-0.15, -0.1) is 0 Å². The zero-order valence-electron chi connectivity index (χ0n) is 51.7. The third-order valence-electron chi connectivity index (χ3n) is 15.4. The van der Waals surface area contributed by atoms with Crippen LogP contribution in [0.5, 0.6) is 0 Å². The van der Waals surface area contributed by atoms with E-state index >= 15 is 0 Å². The normalized spacial score (nSPS) is 12.3. The molecule has 0 heterocycles. The van der Waals surface area contributed by atoms with Gasteiger partial charge < -0.3 is 14.2 Å². The van der Waals surface area contributed by atoms with Crippen molar-refractivity contribution < 1.29 is 28.6 Å². The van der Waals surface area contributed by atoms with Crippen molar-refractivity contribution in [2.24, 2.45) is 0 Å². The Morgan fingerprint density at radius 2 is 0.506 bits per heavy atom. The van der Waals surface area contributed by atoms with Crippen LogP contribution in [0, 0.1) is 0 Å². The fourth-order valence-corrected chi connectivity index (χ4v) is 10.3. The number of carbonyl (C=O) groups is 3. The molecule has 450 valence electrons. The standard InChI is InChI=1S/C71H130O6/c1-4-7-10-13-16-19-22-25-27-29-31-33-35-37-39-41-43-46-49-52-55-58-61-64-70(73)76-67-68(66-75-69(72)63-60-57-54-51-48-45-24-21-18-15-12-9-6-3)77-71(74)65-62-59-56-53-50-47-44-42-40-38-36-34-32-30-28-26-23-20-17-14-11-8-5-2/h9,12,18,21,45,48,54,57,68H,4-8,10-11,13-17,19-20,22-44,46-47,49-53,55-56,58-67H2,1-3H3/b12-9-,21-18-,48-45-,57-54-. The highest BCUT2D eigenvalue weighted by Crippen LogP contribution is 2.19. The van der Waals surface area contributed by atoms with E-state index in [2.05, 4.69) is 63.3 Å². The predicted molar refractivity (Wildman–Crippen MR) is 335 cm³/mol. The van der Waals surface area contributed by atoms with E-state index < -0.39 is 6.10 Å². The molecule has 0 saturated carbocycles. The van der Waals surface area contributed by atoms with E-state index in [4.69, 9.17) is 14.2 Å². The molecule has 0 fully saturated rings. The van der Waals surface area contributed by atoms with E-state index in [-0.39, 0.29) is 37.5 Å². The summed E-state index contributed by atoms with van der Waals surface area (Å²) in [5.74, 6) is -0.949. The average Bonchev–Trinajstić information content (AvgIpc) is 3.43. The Hall–Kier alpha value is -2.63. The van der Waals surface area contributed by atoms with Crippen LogP contribution in [0.3, 0.4) is 0 Å². The molecule has 0 aromatic carbocycles. The molecule has 6 nitrogen and oxygen atoms in total. The van der Waals surface area contributed by atoms with Gasteiger partial charge in [-0.1, -0.05) is 352 Å². The first kappa shape index (κ1) is 74.4. The van der Waals surface area contributed by atoms with Crippen LogP contribution in [0.1, 0.15) is 367 Å². The number of esters is 3. The largest absolute Gasteiger partial charge is 0.462 e. The SMILES string of the molecule is CC/C=C\C/C=C\C/C=C\C/C=C\CCC(=O)OCC(COC(=O)CCCCCCCCCCCCCCCCCCCCCCCCC)OC(=O)CCCCCCCCCCCCCCCCCCCCCCCCC. The molecule has 0 aliphatic heterocycles. The highest BCUT2D eigenvalue weighted by molar-refractivity contribution is 5.71. The molecule has 0 saturated heterocycles. The highest BCUT2D eigenvalue weighted by atomic mass is 16.6. The molecule has 0 amide bonds. The maximum Gasteiger partial charge on any atom is 0.306 e. The van der Waals surface area contributed by atoms with Crippen LogP contribution >= 0.6 is 0 Å². The van der Waals surface area contributed by atoms with Crippen molar-refractivity contribution >= 4 is 17.9 Å². The predicted octanol–water partition coefficient (Wildman–Crippen LogP) is 23.3. The number of ether oxygens (including phenoxy) is 3. The van der Waals surface area contributed by atoms with Crippen LogP contribution in [0.25, 0.3) is 0 Å². The highest BCUT2D eigenvalue weighted by Gasteiger charge is 2.19. The van der Waals surface area contributed by atoms with Crippen LogP contribution in [-0.2, 0) is 28.6 Å². The summed E-state index contributed by atoms with van der Waals surface area (Å²) in [6.45, 7) is 6.53. The van der Waals surface area contributed by atoms with E-state index in [0.717, 1.165) is 64.2 Å². The molecule has 0 aromatic heterocycles. The minimum Gasteiger partial charge on any atom is -0.462 e. The Bertz CT molecular complexity index is 1330. The van der Waals surface area contributed by atoms with Crippen molar-refractivity contribution in [3.05, 3.63) is 48.6 Å². The van der Waals surface area contributed by atoms with Crippen molar-refractivity contribution in [3.63, 3.8) is 0 Å². The van der Waals surface area contributed by atoms with E-state index in [1.54, 1.807) is 0 Å². The van der Waals surface area contributed by atoms with Gasteiger partial charge in [0, 0.05) is 19.3 Å². The Labute approximate surface area is 479 Å². The van der Waals surface area contributed by atoms with Gasteiger partial charge in [0.05, 0.1) is 0 Å². The zero-order chi connectivity index (χ0) is 55.7. The molecule has 1 unspecified atom stereocenters. The molecule has 0 radical (unpaired) electrons. The van der Waals surface area contributed by atoms with E-state index in [1.165, 1.54) is 257 Å². The maximum absolute atomic E-state index is 12.9. The summed E-state index contributed by atoms with van der Waals surface area (Å²) in [7, 11) is 0. The van der Waals surface area contributed by atoms with Crippen molar-refractivity contribution in [2.45, 2.75) is 374 Å². The second kappa shape index (κ2) is 65.9.